The van der Waals surface area contributed by atoms with Crippen LogP contribution in [0.25, 0.3) is 11.2 Å². The van der Waals surface area contributed by atoms with Crippen LogP contribution in [0.15, 0.2) is 35.1 Å². The third kappa shape index (κ3) is 5.68. The van der Waals surface area contributed by atoms with Crippen LogP contribution >= 0.6 is 0 Å². The number of carbonyl (C=O) groups is 1. The zero-order valence-corrected chi connectivity index (χ0v) is 19.9. The van der Waals surface area contributed by atoms with E-state index in [4.69, 9.17) is 20.6 Å². The second-order valence-corrected chi connectivity index (χ2v) is 8.49. The van der Waals surface area contributed by atoms with Crippen LogP contribution < -0.4 is 16.3 Å². The van der Waals surface area contributed by atoms with Gasteiger partial charge < -0.3 is 15.7 Å². The molecule has 3 heterocycles. The number of aromatic nitrogens is 3. The molecule has 0 saturated carbocycles. The van der Waals surface area contributed by atoms with Gasteiger partial charge >= 0.3 is 17.8 Å². The number of piperidine rings is 1. The minimum atomic E-state index is -5.08. The number of aliphatic carboxylic acids is 1. The van der Waals surface area contributed by atoms with Crippen LogP contribution in [0.2, 0.25) is 0 Å². The monoisotopic (exact) mass is 504 g/mol. The molecular weight excluding hydrogens is 477 g/mol. The van der Waals surface area contributed by atoms with Gasteiger partial charge in [-0.05, 0) is 44.4 Å². The third-order valence-corrected chi connectivity index (χ3v) is 5.89. The lowest BCUT2D eigenvalue weighted by molar-refractivity contribution is -0.192. The number of nitrogens with zero attached hydrogens (tertiary/aromatic N) is 5. The molecule has 0 bridgehead atoms. The molecule has 3 N–H and O–H groups in total. The van der Waals surface area contributed by atoms with Crippen LogP contribution in [0.4, 0.5) is 18.9 Å². The van der Waals surface area contributed by atoms with Crippen molar-refractivity contribution < 1.29 is 23.1 Å². The summed E-state index contributed by atoms with van der Waals surface area (Å²) in [5.41, 5.74) is 10.9. The van der Waals surface area contributed by atoms with Crippen molar-refractivity contribution in [1.29, 1.82) is 5.26 Å². The van der Waals surface area contributed by atoms with E-state index >= 15 is 0 Å². The van der Waals surface area contributed by atoms with Gasteiger partial charge in [0.15, 0.2) is 5.65 Å². The summed E-state index contributed by atoms with van der Waals surface area (Å²) < 4.78 is 35.2. The lowest BCUT2D eigenvalue weighted by Crippen LogP contribution is -2.43. The maximum Gasteiger partial charge on any atom is 0.490 e. The van der Waals surface area contributed by atoms with E-state index in [0.29, 0.717) is 24.3 Å². The molecule has 2 aromatic heterocycles. The molecule has 9 nitrogen and oxygen atoms in total. The van der Waals surface area contributed by atoms with E-state index in [9.17, 15) is 23.2 Å². The zero-order valence-electron chi connectivity index (χ0n) is 19.9. The summed E-state index contributed by atoms with van der Waals surface area (Å²) in [4.78, 5) is 29.2. The number of halogens is 3. The van der Waals surface area contributed by atoms with Crippen molar-refractivity contribution >= 4 is 22.8 Å². The predicted molar refractivity (Wildman–Crippen MR) is 128 cm³/mol. The van der Waals surface area contributed by atoms with Crippen molar-refractivity contribution in [3.8, 4) is 6.07 Å². The molecule has 1 fully saturated rings. The number of imidazole rings is 1. The van der Waals surface area contributed by atoms with Crippen LogP contribution in [-0.4, -0.2) is 50.5 Å². The van der Waals surface area contributed by atoms with E-state index in [1.807, 2.05) is 38.1 Å². The Morgan fingerprint density at radius 2 is 1.97 bits per heavy atom. The number of alkyl halides is 3. The molecule has 0 amide bonds. The van der Waals surface area contributed by atoms with E-state index in [2.05, 4.69) is 11.0 Å². The van der Waals surface area contributed by atoms with E-state index in [0.717, 1.165) is 48.4 Å². The van der Waals surface area contributed by atoms with Crippen molar-refractivity contribution in [3.63, 3.8) is 0 Å². The number of carboxylic acids is 1. The van der Waals surface area contributed by atoms with Crippen LogP contribution in [-0.2, 0) is 17.9 Å². The number of hydrogen-bond acceptors (Lipinski definition) is 6. The second-order valence-electron chi connectivity index (χ2n) is 8.49. The Hall–Kier alpha value is -3.85. The summed E-state index contributed by atoms with van der Waals surface area (Å²) in [6.07, 6.45) is -3.04. The zero-order chi connectivity index (χ0) is 26.6. The average molecular weight is 505 g/mol. The Balaban J connectivity index is 0.000000454. The first-order valence-corrected chi connectivity index (χ1v) is 11.4. The Labute approximate surface area is 205 Å². The molecule has 192 valence electrons. The van der Waals surface area contributed by atoms with Crippen LogP contribution in [0.3, 0.4) is 0 Å². The van der Waals surface area contributed by atoms with Gasteiger partial charge in [-0.15, -0.1) is 0 Å². The topological polar surface area (TPSA) is 130 Å². The van der Waals surface area contributed by atoms with E-state index in [-0.39, 0.29) is 11.7 Å². The molecule has 3 aromatic rings. The van der Waals surface area contributed by atoms with E-state index < -0.39 is 12.1 Å². The second kappa shape index (κ2) is 10.8. The summed E-state index contributed by atoms with van der Waals surface area (Å²) in [6, 6.07) is 11.8. The Bertz CT molecular complexity index is 1360. The molecule has 1 aliphatic rings. The maximum atomic E-state index is 13.3. The molecular formula is C24H27F3N6O3. The summed E-state index contributed by atoms with van der Waals surface area (Å²) in [5.74, 6) is -2.76. The van der Waals surface area contributed by atoms with Crippen molar-refractivity contribution in [3.05, 3.63) is 57.6 Å². The van der Waals surface area contributed by atoms with Crippen LogP contribution in [0.1, 0.15) is 36.6 Å². The van der Waals surface area contributed by atoms with Gasteiger partial charge in [-0.1, -0.05) is 18.2 Å². The first-order valence-electron chi connectivity index (χ1n) is 11.4. The summed E-state index contributed by atoms with van der Waals surface area (Å²) in [5, 5.41) is 16.6. The highest BCUT2D eigenvalue weighted by atomic mass is 19.4. The largest absolute Gasteiger partial charge is 0.490 e. The number of aryl methyl sites for hydroxylation is 2. The normalized spacial score (nSPS) is 15.8. The lowest BCUT2D eigenvalue weighted by atomic mass is 10.1. The fourth-order valence-corrected chi connectivity index (χ4v) is 4.25. The van der Waals surface area contributed by atoms with Crippen molar-refractivity contribution in [1.82, 2.24) is 14.1 Å². The Kier molecular flexibility index (Phi) is 8.04. The van der Waals surface area contributed by atoms with Crippen LogP contribution in [0.5, 0.6) is 0 Å². The molecule has 36 heavy (non-hydrogen) atoms. The van der Waals surface area contributed by atoms with Crippen LogP contribution in [0, 0.1) is 18.3 Å². The van der Waals surface area contributed by atoms with Gasteiger partial charge in [0.25, 0.3) is 0 Å². The van der Waals surface area contributed by atoms with Gasteiger partial charge in [0, 0.05) is 31.4 Å². The highest BCUT2D eigenvalue weighted by molar-refractivity contribution is 5.87. The van der Waals surface area contributed by atoms with Crippen molar-refractivity contribution in [2.24, 2.45) is 5.73 Å². The number of benzene rings is 1. The fourth-order valence-electron chi connectivity index (χ4n) is 4.25. The van der Waals surface area contributed by atoms with Gasteiger partial charge in [-0.25, -0.2) is 14.6 Å². The van der Waals surface area contributed by atoms with Gasteiger partial charge in [-0.2, -0.15) is 18.4 Å². The third-order valence-electron chi connectivity index (χ3n) is 5.89. The summed E-state index contributed by atoms with van der Waals surface area (Å²) in [7, 11) is 0. The molecule has 0 radical (unpaired) electrons. The number of anilines is 1. The first-order chi connectivity index (χ1) is 17.0. The van der Waals surface area contributed by atoms with E-state index in [1.54, 1.807) is 15.2 Å². The number of carboxylic acid groups (broad SMARTS) is 1. The summed E-state index contributed by atoms with van der Waals surface area (Å²) >= 11 is 0. The number of hydrogen-bond donors (Lipinski definition) is 2. The van der Waals surface area contributed by atoms with Crippen molar-refractivity contribution in [2.75, 3.05) is 18.0 Å². The predicted octanol–water partition coefficient (Wildman–Crippen LogP) is 3.01. The SMILES string of the molecule is CCn1c(=O)n(Cc2ccccc2C#N)c2c(N3CCC[C@@H](N)C3)cc(C)nc21.O=C(O)C(F)(F)F. The summed E-state index contributed by atoms with van der Waals surface area (Å²) in [6.45, 7) is 6.46. The van der Waals surface area contributed by atoms with Gasteiger partial charge in [0.2, 0.25) is 0 Å². The molecule has 12 heteroatoms. The Morgan fingerprint density at radius 1 is 1.31 bits per heavy atom. The minimum Gasteiger partial charge on any atom is -0.475 e. The molecule has 1 aliphatic heterocycles. The quantitative estimate of drug-likeness (QED) is 0.559. The van der Waals surface area contributed by atoms with Gasteiger partial charge in [-0.3, -0.25) is 9.13 Å². The highest BCUT2D eigenvalue weighted by Gasteiger charge is 2.38. The molecule has 0 aliphatic carbocycles. The average Bonchev–Trinajstić information content (AvgIpc) is 3.08. The minimum absolute atomic E-state index is 0.101. The van der Waals surface area contributed by atoms with Gasteiger partial charge in [0.1, 0.15) is 5.52 Å². The Morgan fingerprint density at radius 3 is 2.56 bits per heavy atom. The number of nitrogens with two attached hydrogens (primary N) is 1. The number of pyridine rings is 1. The highest BCUT2D eigenvalue weighted by Crippen LogP contribution is 2.29. The van der Waals surface area contributed by atoms with E-state index in [1.165, 1.54) is 0 Å². The molecule has 4 rings (SSSR count). The number of nitriles is 1. The lowest BCUT2D eigenvalue weighted by Gasteiger charge is -2.33. The molecule has 1 saturated heterocycles. The first kappa shape index (κ1) is 26.7. The molecule has 0 spiro atoms. The maximum absolute atomic E-state index is 13.3. The molecule has 1 aromatic carbocycles. The smallest absolute Gasteiger partial charge is 0.475 e. The standard InChI is InChI=1S/C22H26N6O.C2HF3O2/c1-3-27-21-20(19(11-15(2)25-21)26-10-6-9-18(24)14-26)28(22(27)29)13-17-8-5-4-7-16(17)12-23;3-2(4,5)1(6)7/h4-5,7-8,11,18H,3,6,9-10,13-14,24H2,1-2H3;(H,6,7)/t18-;/m1./s1. The molecule has 0 unspecified atom stereocenters. The van der Waals surface area contributed by atoms with Gasteiger partial charge in [0.05, 0.1) is 23.9 Å². The van der Waals surface area contributed by atoms with Crippen molar-refractivity contribution in [2.45, 2.75) is 52.0 Å². The fraction of sp³-hybridized carbons (Fsp3) is 0.417. The molecule has 1 atom stereocenters. The number of fused-ring (bicyclic) bond motifs is 1. The number of rotatable bonds is 4.